The Labute approximate surface area is 75.5 Å². The lowest BCUT2D eigenvalue weighted by Gasteiger charge is -2.23. The van der Waals surface area contributed by atoms with Crippen LogP contribution in [0.15, 0.2) is 0 Å². The lowest BCUT2D eigenvalue weighted by molar-refractivity contribution is 0.130. The first-order valence-corrected chi connectivity index (χ1v) is 4.81. The van der Waals surface area contributed by atoms with Crippen LogP contribution < -0.4 is 0 Å². The van der Waals surface area contributed by atoms with Crippen LogP contribution in [0.5, 0.6) is 0 Å². The Bertz CT molecular complexity index is 130. The van der Waals surface area contributed by atoms with E-state index in [-0.39, 0.29) is 6.04 Å². The molecule has 0 bridgehead atoms. The van der Waals surface area contributed by atoms with E-state index in [1.807, 2.05) is 13.8 Å². The normalized spacial score (nSPS) is 12.6. The third-order valence-corrected chi connectivity index (χ3v) is 2.10. The number of amides is 1. The summed E-state index contributed by atoms with van der Waals surface area (Å²) >= 11 is 3.28. The minimum atomic E-state index is -0.832. The minimum Gasteiger partial charge on any atom is -0.465 e. The average Bonchev–Trinajstić information content (AvgIpc) is 1.88. The predicted octanol–water partition coefficient (Wildman–Crippen LogP) is 2.16. The summed E-state index contributed by atoms with van der Waals surface area (Å²) in [4.78, 5) is 12.0. The summed E-state index contributed by atoms with van der Waals surface area (Å²) in [5.74, 6) is 0. The van der Waals surface area contributed by atoms with Crippen molar-refractivity contribution in [1.82, 2.24) is 4.90 Å². The van der Waals surface area contributed by atoms with Gasteiger partial charge in [0.05, 0.1) is 0 Å². The van der Waals surface area contributed by atoms with E-state index in [4.69, 9.17) is 5.11 Å². The highest BCUT2D eigenvalue weighted by atomic mass is 79.9. The maximum atomic E-state index is 10.6. The molecular formula is C7H14BrNO2. The largest absolute Gasteiger partial charge is 0.465 e. The molecule has 0 radical (unpaired) electrons. The minimum absolute atomic E-state index is 0.108. The van der Waals surface area contributed by atoms with Gasteiger partial charge in [-0.15, -0.1) is 0 Å². The highest BCUT2D eigenvalue weighted by molar-refractivity contribution is 9.09. The topological polar surface area (TPSA) is 40.5 Å². The van der Waals surface area contributed by atoms with Crippen LogP contribution in [0.3, 0.4) is 0 Å². The zero-order chi connectivity index (χ0) is 8.85. The summed E-state index contributed by atoms with van der Waals surface area (Å²) in [6.07, 6.45) is 0.0288. The number of alkyl halides is 1. The van der Waals surface area contributed by atoms with Crippen molar-refractivity contribution in [1.29, 1.82) is 0 Å². The van der Waals surface area contributed by atoms with Crippen LogP contribution in [0.1, 0.15) is 20.3 Å². The molecule has 0 saturated heterocycles. The van der Waals surface area contributed by atoms with Gasteiger partial charge in [-0.1, -0.05) is 15.9 Å². The van der Waals surface area contributed by atoms with Crippen molar-refractivity contribution >= 4 is 22.0 Å². The Morgan fingerprint density at radius 2 is 2.27 bits per heavy atom. The second-order valence-electron chi connectivity index (χ2n) is 2.40. The SMILES string of the molecule is CCN(C(=O)O)C(C)CCBr. The van der Waals surface area contributed by atoms with Crippen LogP contribution in [-0.4, -0.2) is 34.0 Å². The second kappa shape index (κ2) is 5.41. The number of carbonyl (C=O) groups is 1. The van der Waals surface area contributed by atoms with Crippen molar-refractivity contribution in [3.8, 4) is 0 Å². The molecular weight excluding hydrogens is 210 g/mol. The number of halogens is 1. The van der Waals surface area contributed by atoms with Gasteiger partial charge in [-0.2, -0.15) is 0 Å². The molecule has 1 amide bonds. The lowest BCUT2D eigenvalue weighted by Crippen LogP contribution is -2.37. The molecule has 0 heterocycles. The number of hydrogen-bond donors (Lipinski definition) is 1. The summed E-state index contributed by atoms with van der Waals surface area (Å²) in [5, 5.41) is 9.53. The molecule has 0 fully saturated rings. The molecule has 0 saturated carbocycles. The van der Waals surface area contributed by atoms with Gasteiger partial charge in [-0.3, -0.25) is 0 Å². The second-order valence-corrected chi connectivity index (χ2v) is 3.19. The number of hydrogen-bond acceptors (Lipinski definition) is 1. The van der Waals surface area contributed by atoms with E-state index in [0.717, 1.165) is 11.8 Å². The maximum Gasteiger partial charge on any atom is 0.407 e. The van der Waals surface area contributed by atoms with Crippen LogP contribution in [0.2, 0.25) is 0 Å². The third-order valence-electron chi connectivity index (χ3n) is 1.65. The summed E-state index contributed by atoms with van der Waals surface area (Å²) in [7, 11) is 0. The molecule has 1 unspecified atom stereocenters. The molecule has 0 aromatic heterocycles. The molecule has 3 nitrogen and oxygen atoms in total. The molecule has 0 aliphatic carbocycles. The molecule has 11 heavy (non-hydrogen) atoms. The van der Waals surface area contributed by atoms with Crippen LogP contribution in [0.25, 0.3) is 0 Å². The summed E-state index contributed by atoms with van der Waals surface area (Å²) in [5.41, 5.74) is 0. The Morgan fingerprint density at radius 3 is 2.55 bits per heavy atom. The van der Waals surface area contributed by atoms with Crippen molar-refractivity contribution in [2.24, 2.45) is 0 Å². The number of rotatable bonds is 4. The fourth-order valence-corrected chi connectivity index (χ4v) is 1.61. The molecule has 0 rings (SSSR count). The summed E-state index contributed by atoms with van der Waals surface area (Å²) in [6, 6.07) is 0.108. The smallest absolute Gasteiger partial charge is 0.407 e. The average molecular weight is 224 g/mol. The predicted molar refractivity (Wildman–Crippen MR) is 48.3 cm³/mol. The molecule has 1 atom stereocenters. The van der Waals surface area contributed by atoms with Crippen LogP contribution >= 0.6 is 15.9 Å². The highest BCUT2D eigenvalue weighted by Gasteiger charge is 2.15. The van der Waals surface area contributed by atoms with Crippen molar-refractivity contribution in [2.75, 3.05) is 11.9 Å². The standard InChI is InChI=1S/C7H14BrNO2/c1-3-9(7(10)11)6(2)4-5-8/h6H,3-5H2,1-2H3,(H,10,11). The third kappa shape index (κ3) is 3.60. The number of carboxylic acid groups (broad SMARTS) is 1. The molecule has 0 aromatic rings. The van der Waals surface area contributed by atoms with Gasteiger partial charge >= 0.3 is 6.09 Å². The zero-order valence-electron chi connectivity index (χ0n) is 6.88. The maximum absolute atomic E-state index is 10.6. The number of nitrogens with zero attached hydrogens (tertiary/aromatic N) is 1. The Balaban J connectivity index is 3.91. The lowest BCUT2D eigenvalue weighted by atomic mass is 10.2. The van der Waals surface area contributed by atoms with Gasteiger partial charge in [0.15, 0.2) is 0 Å². The van der Waals surface area contributed by atoms with Gasteiger partial charge in [0.25, 0.3) is 0 Å². The molecule has 0 aliphatic rings. The molecule has 0 spiro atoms. The molecule has 1 N–H and O–H groups in total. The van der Waals surface area contributed by atoms with Crippen molar-refractivity contribution < 1.29 is 9.90 Å². The Kier molecular flexibility index (Phi) is 5.28. The molecule has 66 valence electrons. The molecule has 0 aromatic carbocycles. The van der Waals surface area contributed by atoms with E-state index in [0.29, 0.717) is 6.54 Å². The van der Waals surface area contributed by atoms with E-state index >= 15 is 0 Å². The first-order valence-electron chi connectivity index (χ1n) is 3.69. The van der Waals surface area contributed by atoms with Crippen LogP contribution in [0, 0.1) is 0 Å². The van der Waals surface area contributed by atoms with Crippen molar-refractivity contribution in [3.05, 3.63) is 0 Å². The first-order chi connectivity index (χ1) is 5.13. The van der Waals surface area contributed by atoms with Crippen molar-refractivity contribution in [3.63, 3.8) is 0 Å². The summed E-state index contributed by atoms with van der Waals surface area (Å²) < 4.78 is 0. The van der Waals surface area contributed by atoms with E-state index in [2.05, 4.69) is 15.9 Å². The molecule has 4 heteroatoms. The van der Waals surface area contributed by atoms with Gasteiger partial charge in [0.2, 0.25) is 0 Å². The van der Waals surface area contributed by atoms with Crippen molar-refractivity contribution in [2.45, 2.75) is 26.3 Å². The van der Waals surface area contributed by atoms with Gasteiger partial charge < -0.3 is 10.0 Å². The van der Waals surface area contributed by atoms with E-state index in [1.165, 1.54) is 4.90 Å². The zero-order valence-corrected chi connectivity index (χ0v) is 8.47. The Morgan fingerprint density at radius 1 is 1.73 bits per heavy atom. The highest BCUT2D eigenvalue weighted by Crippen LogP contribution is 2.05. The summed E-state index contributed by atoms with van der Waals surface area (Å²) in [6.45, 7) is 4.32. The van der Waals surface area contributed by atoms with Crippen LogP contribution in [0.4, 0.5) is 4.79 Å². The van der Waals surface area contributed by atoms with E-state index < -0.39 is 6.09 Å². The van der Waals surface area contributed by atoms with Gasteiger partial charge in [-0.25, -0.2) is 4.79 Å². The molecule has 0 aliphatic heterocycles. The first kappa shape index (κ1) is 10.8. The van der Waals surface area contributed by atoms with Gasteiger partial charge in [-0.05, 0) is 20.3 Å². The quantitative estimate of drug-likeness (QED) is 0.743. The van der Waals surface area contributed by atoms with Crippen LogP contribution in [-0.2, 0) is 0 Å². The van der Waals surface area contributed by atoms with E-state index in [9.17, 15) is 4.79 Å². The Hall–Kier alpha value is -0.250. The fourth-order valence-electron chi connectivity index (χ4n) is 0.949. The van der Waals surface area contributed by atoms with Gasteiger partial charge in [0.1, 0.15) is 0 Å². The van der Waals surface area contributed by atoms with E-state index in [1.54, 1.807) is 0 Å². The monoisotopic (exact) mass is 223 g/mol. The van der Waals surface area contributed by atoms with Gasteiger partial charge in [0, 0.05) is 17.9 Å². The fraction of sp³-hybridized carbons (Fsp3) is 0.857.